The first-order chi connectivity index (χ1) is 11.5. The number of carboxylic acids is 1. The topological polar surface area (TPSA) is 75.4 Å². The zero-order valence-corrected chi connectivity index (χ0v) is 15.0. The van der Waals surface area contributed by atoms with Crippen LogP contribution >= 0.6 is 0 Å². The molecule has 2 rings (SSSR count). The van der Waals surface area contributed by atoms with Crippen molar-refractivity contribution in [2.24, 2.45) is 0 Å². The molecule has 1 amide bonds. The van der Waals surface area contributed by atoms with Crippen LogP contribution in [0.25, 0.3) is 0 Å². The first-order valence-electron chi connectivity index (χ1n) is 9.06. The number of rotatable bonds is 7. The number of aryl methyl sites for hydroxylation is 1. The quantitative estimate of drug-likeness (QED) is 0.828. The van der Waals surface area contributed by atoms with Gasteiger partial charge >= 0.3 is 5.97 Å². The first-order valence-corrected chi connectivity index (χ1v) is 9.06. The monoisotopic (exact) mass is 335 g/mol. The third kappa shape index (κ3) is 4.16. The van der Waals surface area contributed by atoms with E-state index in [4.69, 9.17) is 5.11 Å². The number of amides is 1. The molecule has 1 fully saturated rings. The van der Waals surface area contributed by atoms with E-state index in [1.807, 2.05) is 22.6 Å². The van der Waals surface area contributed by atoms with Crippen molar-refractivity contribution in [1.82, 2.24) is 14.7 Å². The predicted octanol–water partition coefficient (Wildman–Crippen LogP) is 3.41. The molecule has 0 aliphatic carbocycles. The Hall–Kier alpha value is -1.85. The molecule has 1 N–H and O–H groups in total. The Balaban J connectivity index is 2.16. The lowest BCUT2D eigenvalue weighted by Gasteiger charge is -2.35. The molecular weight excluding hydrogens is 306 g/mol. The van der Waals surface area contributed by atoms with Crippen molar-refractivity contribution in [3.05, 3.63) is 17.5 Å². The molecule has 134 valence electrons. The molecule has 0 aromatic carbocycles. The summed E-state index contributed by atoms with van der Waals surface area (Å²) in [5.41, 5.74) is 1.49. The molecule has 6 heteroatoms. The SMILES string of the molecule is CCC(CC)n1nc(C(=O)N2CCCCC2CCC(=O)O)cc1C. The molecule has 0 saturated carbocycles. The van der Waals surface area contributed by atoms with E-state index < -0.39 is 5.97 Å². The Kier molecular flexibility index (Phi) is 6.40. The van der Waals surface area contributed by atoms with Crippen LogP contribution in [0.1, 0.15) is 81.0 Å². The van der Waals surface area contributed by atoms with Crippen LogP contribution in [-0.2, 0) is 4.79 Å². The zero-order valence-electron chi connectivity index (χ0n) is 15.0. The molecular formula is C18H29N3O3. The smallest absolute Gasteiger partial charge is 0.303 e. The number of likely N-dealkylation sites (tertiary alicyclic amines) is 1. The summed E-state index contributed by atoms with van der Waals surface area (Å²) in [7, 11) is 0. The highest BCUT2D eigenvalue weighted by atomic mass is 16.4. The fourth-order valence-corrected chi connectivity index (χ4v) is 3.60. The summed E-state index contributed by atoms with van der Waals surface area (Å²) in [6.07, 6.45) is 5.50. The van der Waals surface area contributed by atoms with Crippen LogP contribution in [0.15, 0.2) is 6.07 Å². The number of carbonyl (C=O) groups is 2. The molecule has 0 bridgehead atoms. The average Bonchev–Trinajstić information content (AvgIpc) is 2.95. The summed E-state index contributed by atoms with van der Waals surface area (Å²) in [6.45, 7) is 6.94. The van der Waals surface area contributed by atoms with Crippen LogP contribution in [-0.4, -0.2) is 44.3 Å². The summed E-state index contributed by atoms with van der Waals surface area (Å²) in [6, 6.07) is 2.19. The molecule has 1 saturated heterocycles. The van der Waals surface area contributed by atoms with E-state index in [9.17, 15) is 9.59 Å². The van der Waals surface area contributed by atoms with Gasteiger partial charge < -0.3 is 10.0 Å². The largest absolute Gasteiger partial charge is 0.481 e. The third-order valence-electron chi connectivity index (χ3n) is 5.01. The van der Waals surface area contributed by atoms with Gasteiger partial charge in [0, 0.05) is 24.7 Å². The van der Waals surface area contributed by atoms with E-state index in [1.165, 1.54) is 0 Å². The second-order valence-electron chi connectivity index (χ2n) is 6.67. The van der Waals surface area contributed by atoms with Gasteiger partial charge in [0.1, 0.15) is 0 Å². The number of nitrogens with zero attached hydrogens (tertiary/aromatic N) is 3. The number of carbonyl (C=O) groups excluding carboxylic acids is 1. The maximum atomic E-state index is 12.9. The van der Waals surface area contributed by atoms with E-state index in [0.717, 1.165) is 37.8 Å². The minimum Gasteiger partial charge on any atom is -0.481 e. The number of carboxylic acid groups (broad SMARTS) is 1. The van der Waals surface area contributed by atoms with Crippen molar-refractivity contribution in [2.45, 2.75) is 77.8 Å². The van der Waals surface area contributed by atoms with E-state index in [2.05, 4.69) is 18.9 Å². The maximum Gasteiger partial charge on any atom is 0.303 e. The van der Waals surface area contributed by atoms with Gasteiger partial charge in [0.25, 0.3) is 5.91 Å². The van der Waals surface area contributed by atoms with Crippen molar-refractivity contribution >= 4 is 11.9 Å². The van der Waals surface area contributed by atoms with Crippen LogP contribution in [0.4, 0.5) is 0 Å². The fourth-order valence-electron chi connectivity index (χ4n) is 3.60. The van der Waals surface area contributed by atoms with Crippen molar-refractivity contribution in [1.29, 1.82) is 0 Å². The number of aliphatic carboxylic acids is 1. The lowest BCUT2D eigenvalue weighted by Crippen LogP contribution is -2.44. The van der Waals surface area contributed by atoms with Gasteiger partial charge in [-0.15, -0.1) is 0 Å². The third-order valence-corrected chi connectivity index (χ3v) is 5.01. The molecule has 1 aliphatic rings. The first kappa shape index (κ1) is 18.5. The summed E-state index contributed by atoms with van der Waals surface area (Å²) in [5.74, 6) is -0.861. The Morgan fingerprint density at radius 1 is 1.33 bits per heavy atom. The molecule has 2 heterocycles. The highest BCUT2D eigenvalue weighted by molar-refractivity contribution is 5.92. The van der Waals surface area contributed by atoms with Crippen molar-refractivity contribution in [3.8, 4) is 0 Å². The van der Waals surface area contributed by atoms with E-state index in [-0.39, 0.29) is 18.4 Å². The maximum absolute atomic E-state index is 12.9. The van der Waals surface area contributed by atoms with Crippen LogP contribution in [0.3, 0.4) is 0 Å². The molecule has 1 aromatic heterocycles. The highest BCUT2D eigenvalue weighted by Gasteiger charge is 2.29. The summed E-state index contributed by atoms with van der Waals surface area (Å²) < 4.78 is 1.96. The summed E-state index contributed by atoms with van der Waals surface area (Å²) >= 11 is 0. The Bertz CT molecular complexity index is 578. The second-order valence-corrected chi connectivity index (χ2v) is 6.67. The van der Waals surface area contributed by atoms with Crippen LogP contribution in [0, 0.1) is 6.92 Å². The molecule has 1 unspecified atom stereocenters. The number of aromatic nitrogens is 2. The van der Waals surface area contributed by atoms with Crippen LogP contribution < -0.4 is 0 Å². The van der Waals surface area contributed by atoms with Crippen LogP contribution in [0.2, 0.25) is 0 Å². The van der Waals surface area contributed by atoms with Gasteiger partial charge in [-0.05, 0) is 51.5 Å². The van der Waals surface area contributed by atoms with Gasteiger partial charge in [-0.25, -0.2) is 0 Å². The van der Waals surface area contributed by atoms with Gasteiger partial charge in [-0.1, -0.05) is 13.8 Å². The minimum absolute atomic E-state index is 0.0148. The lowest BCUT2D eigenvalue weighted by molar-refractivity contribution is -0.137. The Morgan fingerprint density at radius 2 is 2.04 bits per heavy atom. The van der Waals surface area contributed by atoms with E-state index in [0.29, 0.717) is 24.7 Å². The molecule has 6 nitrogen and oxygen atoms in total. The molecule has 0 radical (unpaired) electrons. The minimum atomic E-state index is -0.804. The average molecular weight is 335 g/mol. The summed E-state index contributed by atoms with van der Waals surface area (Å²) in [5, 5.41) is 13.5. The molecule has 1 aromatic rings. The Labute approximate surface area is 143 Å². The zero-order chi connectivity index (χ0) is 17.7. The number of piperidine rings is 1. The van der Waals surface area contributed by atoms with Crippen molar-refractivity contribution < 1.29 is 14.7 Å². The number of hydrogen-bond acceptors (Lipinski definition) is 3. The highest BCUT2D eigenvalue weighted by Crippen LogP contribution is 2.24. The second kappa shape index (κ2) is 8.31. The van der Waals surface area contributed by atoms with E-state index >= 15 is 0 Å². The van der Waals surface area contributed by atoms with Gasteiger partial charge in [-0.3, -0.25) is 14.3 Å². The normalized spacial score (nSPS) is 18.2. The molecule has 0 spiro atoms. The van der Waals surface area contributed by atoms with Crippen molar-refractivity contribution in [2.75, 3.05) is 6.54 Å². The number of hydrogen-bond donors (Lipinski definition) is 1. The summed E-state index contributed by atoms with van der Waals surface area (Å²) in [4.78, 5) is 25.6. The van der Waals surface area contributed by atoms with Crippen molar-refractivity contribution in [3.63, 3.8) is 0 Å². The molecule has 1 atom stereocenters. The van der Waals surface area contributed by atoms with E-state index in [1.54, 1.807) is 0 Å². The standard InChI is InChI=1S/C18H29N3O3/c1-4-14(5-2)21-13(3)12-16(19-21)18(24)20-11-7-6-8-15(20)9-10-17(22)23/h12,14-15H,4-11H2,1-3H3,(H,22,23). The van der Waals surface area contributed by atoms with Gasteiger partial charge in [0.2, 0.25) is 0 Å². The fraction of sp³-hybridized carbons (Fsp3) is 0.722. The lowest BCUT2D eigenvalue weighted by atomic mass is 9.97. The molecule has 24 heavy (non-hydrogen) atoms. The van der Waals surface area contributed by atoms with Gasteiger partial charge in [0.05, 0.1) is 6.04 Å². The molecule has 1 aliphatic heterocycles. The van der Waals surface area contributed by atoms with Gasteiger partial charge in [0.15, 0.2) is 5.69 Å². The Morgan fingerprint density at radius 3 is 2.67 bits per heavy atom. The predicted molar refractivity (Wildman–Crippen MR) is 92.1 cm³/mol. The van der Waals surface area contributed by atoms with Gasteiger partial charge in [-0.2, -0.15) is 5.10 Å². The van der Waals surface area contributed by atoms with Crippen LogP contribution in [0.5, 0.6) is 0 Å².